The number of hydrogen-bond donors (Lipinski definition) is 1. The second-order valence-corrected chi connectivity index (χ2v) is 7.39. The van der Waals surface area contributed by atoms with E-state index in [4.69, 9.17) is 10.2 Å². The highest BCUT2D eigenvalue weighted by Gasteiger charge is 2.14. The highest BCUT2D eigenvalue weighted by Crippen LogP contribution is 2.20. The van der Waals surface area contributed by atoms with Gasteiger partial charge in [0.05, 0.1) is 11.4 Å². The van der Waals surface area contributed by atoms with E-state index in [0.717, 1.165) is 17.7 Å². The Labute approximate surface area is 169 Å². The van der Waals surface area contributed by atoms with Crippen LogP contribution in [0, 0.1) is 0 Å². The lowest BCUT2D eigenvalue weighted by molar-refractivity contribution is -0.128. The van der Waals surface area contributed by atoms with Gasteiger partial charge in [0.15, 0.2) is 0 Å². The van der Waals surface area contributed by atoms with Gasteiger partial charge >= 0.3 is 0 Å². The molecule has 0 saturated heterocycles. The topological polar surface area (TPSA) is 72.4 Å². The van der Waals surface area contributed by atoms with Gasteiger partial charge in [0.25, 0.3) is 0 Å². The van der Waals surface area contributed by atoms with Gasteiger partial charge in [-0.2, -0.15) is 0 Å². The Morgan fingerprint density at radius 2 is 1.75 bits per heavy atom. The largest absolute Gasteiger partial charge is 0.444 e. The molecule has 0 bridgehead atoms. The van der Waals surface area contributed by atoms with Gasteiger partial charge in [0.2, 0.25) is 11.8 Å². The minimum absolute atomic E-state index is 0.109. The maximum absolute atomic E-state index is 12.6. The van der Waals surface area contributed by atoms with Crippen LogP contribution in [-0.2, 0) is 17.0 Å². The van der Waals surface area contributed by atoms with E-state index < -0.39 is 0 Å². The first kappa shape index (κ1) is 20.2. The summed E-state index contributed by atoms with van der Waals surface area (Å²) in [5.41, 5.74) is 8.70. The van der Waals surface area contributed by atoms with Crippen LogP contribution in [0.5, 0.6) is 0 Å². The number of carbonyl (C=O) groups excluding carboxylic acids is 1. The molecular formula is C22H25N3O2S. The standard InChI is InChI=1S/C22H25N3O2S/c23-12-14-25(13-11-18-7-3-1-4-8-18)21(26)17-28-16-20-15-27-22(24-20)19-9-5-2-6-10-19/h1-10,15H,11-14,16-17,23H2. The monoisotopic (exact) mass is 395 g/mol. The average Bonchev–Trinajstić information content (AvgIpc) is 3.21. The molecule has 28 heavy (non-hydrogen) atoms. The Balaban J connectivity index is 1.47. The molecular weight excluding hydrogens is 370 g/mol. The molecule has 0 atom stereocenters. The highest BCUT2D eigenvalue weighted by atomic mass is 32.2. The Morgan fingerprint density at radius 3 is 2.46 bits per heavy atom. The van der Waals surface area contributed by atoms with Crippen molar-refractivity contribution >= 4 is 17.7 Å². The zero-order chi connectivity index (χ0) is 19.6. The summed E-state index contributed by atoms with van der Waals surface area (Å²) in [7, 11) is 0. The number of carbonyl (C=O) groups is 1. The first-order valence-corrected chi connectivity index (χ1v) is 10.5. The van der Waals surface area contributed by atoms with Gasteiger partial charge in [-0.1, -0.05) is 48.5 Å². The van der Waals surface area contributed by atoms with E-state index in [1.54, 1.807) is 18.0 Å². The van der Waals surface area contributed by atoms with Crippen molar-refractivity contribution in [2.45, 2.75) is 12.2 Å². The van der Waals surface area contributed by atoms with Crippen LogP contribution in [0.2, 0.25) is 0 Å². The van der Waals surface area contributed by atoms with Crippen molar-refractivity contribution in [3.63, 3.8) is 0 Å². The van der Waals surface area contributed by atoms with E-state index >= 15 is 0 Å². The minimum Gasteiger partial charge on any atom is -0.444 e. The van der Waals surface area contributed by atoms with E-state index in [9.17, 15) is 4.79 Å². The SMILES string of the molecule is NCCN(CCc1ccccc1)C(=O)CSCc1coc(-c2ccccc2)n1. The van der Waals surface area contributed by atoms with Crippen molar-refractivity contribution in [3.05, 3.63) is 78.2 Å². The van der Waals surface area contributed by atoms with Crippen molar-refractivity contribution in [2.24, 2.45) is 5.73 Å². The van der Waals surface area contributed by atoms with Crippen LogP contribution in [0.4, 0.5) is 0 Å². The molecule has 1 amide bonds. The quantitative estimate of drug-likeness (QED) is 0.568. The lowest BCUT2D eigenvalue weighted by atomic mass is 10.1. The van der Waals surface area contributed by atoms with Crippen LogP contribution in [0.1, 0.15) is 11.3 Å². The van der Waals surface area contributed by atoms with Gasteiger partial charge in [-0.25, -0.2) is 4.98 Å². The number of nitrogens with two attached hydrogens (primary N) is 1. The first-order valence-electron chi connectivity index (χ1n) is 9.35. The fraction of sp³-hybridized carbons (Fsp3) is 0.273. The summed E-state index contributed by atoms with van der Waals surface area (Å²) in [6.07, 6.45) is 2.49. The lowest BCUT2D eigenvalue weighted by Crippen LogP contribution is -2.38. The number of aromatic nitrogens is 1. The number of amides is 1. The predicted octanol–water partition coefficient (Wildman–Crippen LogP) is 3.60. The van der Waals surface area contributed by atoms with E-state index in [-0.39, 0.29) is 5.91 Å². The summed E-state index contributed by atoms with van der Waals surface area (Å²) in [6, 6.07) is 20.0. The second kappa shape index (κ2) is 10.7. The molecule has 0 aliphatic carbocycles. The van der Waals surface area contributed by atoms with Gasteiger partial charge in [0, 0.05) is 31.0 Å². The molecule has 2 aromatic carbocycles. The van der Waals surface area contributed by atoms with Gasteiger partial charge < -0.3 is 15.1 Å². The van der Waals surface area contributed by atoms with Crippen molar-refractivity contribution in [1.82, 2.24) is 9.88 Å². The Bertz CT molecular complexity index is 852. The minimum atomic E-state index is 0.109. The van der Waals surface area contributed by atoms with Crippen LogP contribution in [0.25, 0.3) is 11.5 Å². The third-order valence-corrected chi connectivity index (χ3v) is 5.26. The van der Waals surface area contributed by atoms with Crippen LogP contribution in [-0.4, -0.2) is 41.2 Å². The third-order valence-electron chi connectivity index (χ3n) is 4.31. The van der Waals surface area contributed by atoms with Gasteiger partial charge in [-0.15, -0.1) is 11.8 Å². The maximum atomic E-state index is 12.6. The van der Waals surface area contributed by atoms with Crippen LogP contribution >= 0.6 is 11.8 Å². The normalized spacial score (nSPS) is 10.8. The van der Waals surface area contributed by atoms with Gasteiger partial charge in [0.1, 0.15) is 6.26 Å². The first-order chi connectivity index (χ1) is 13.8. The number of rotatable bonds is 10. The number of thioether (sulfide) groups is 1. The fourth-order valence-electron chi connectivity index (χ4n) is 2.85. The molecule has 146 valence electrons. The average molecular weight is 396 g/mol. The second-order valence-electron chi connectivity index (χ2n) is 6.41. The summed E-state index contributed by atoms with van der Waals surface area (Å²) in [5.74, 6) is 1.76. The fourth-order valence-corrected chi connectivity index (χ4v) is 3.65. The molecule has 0 fully saturated rings. The summed E-state index contributed by atoms with van der Waals surface area (Å²) >= 11 is 1.54. The Hall–Kier alpha value is -2.57. The molecule has 0 aliphatic rings. The molecule has 0 radical (unpaired) electrons. The lowest BCUT2D eigenvalue weighted by Gasteiger charge is -2.22. The zero-order valence-electron chi connectivity index (χ0n) is 15.8. The van der Waals surface area contributed by atoms with Crippen molar-refractivity contribution < 1.29 is 9.21 Å². The third kappa shape index (κ3) is 5.97. The van der Waals surface area contributed by atoms with Crippen LogP contribution in [0.15, 0.2) is 71.3 Å². The Morgan fingerprint density at radius 1 is 1.04 bits per heavy atom. The van der Waals surface area contributed by atoms with E-state index in [2.05, 4.69) is 17.1 Å². The van der Waals surface area contributed by atoms with Crippen molar-refractivity contribution in [2.75, 3.05) is 25.4 Å². The summed E-state index contributed by atoms with van der Waals surface area (Å²) < 4.78 is 5.55. The molecule has 1 heterocycles. The zero-order valence-corrected chi connectivity index (χ0v) is 16.6. The molecule has 2 N–H and O–H groups in total. The van der Waals surface area contributed by atoms with E-state index in [1.165, 1.54) is 5.56 Å². The summed E-state index contributed by atoms with van der Waals surface area (Å²) in [5, 5.41) is 0. The molecule has 1 aromatic heterocycles. The molecule has 6 heteroatoms. The molecule has 0 unspecified atom stereocenters. The maximum Gasteiger partial charge on any atom is 0.232 e. The number of nitrogens with zero attached hydrogens (tertiary/aromatic N) is 2. The molecule has 3 rings (SSSR count). The molecule has 0 saturated carbocycles. The van der Waals surface area contributed by atoms with E-state index in [1.807, 2.05) is 53.4 Å². The predicted molar refractivity (Wildman–Crippen MR) is 114 cm³/mol. The van der Waals surface area contributed by atoms with Gasteiger partial charge in [-0.05, 0) is 24.1 Å². The number of benzene rings is 2. The number of oxazole rings is 1. The summed E-state index contributed by atoms with van der Waals surface area (Å²) in [6.45, 7) is 1.73. The highest BCUT2D eigenvalue weighted by molar-refractivity contribution is 7.99. The Kier molecular flexibility index (Phi) is 7.70. The molecule has 3 aromatic rings. The van der Waals surface area contributed by atoms with Crippen LogP contribution < -0.4 is 5.73 Å². The smallest absolute Gasteiger partial charge is 0.232 e. The van der Waals surface area contributed by atoms with Crippen molar-refractivity contribution in [1.29, 1.82) is 0 Å². The van der Waals surface area contributed by atoms with Gasteiger partial charge in [-0.3, -0.25) is 4.79 Å². The molecule has 0 spiro atoms. The molecule has 0 aliphatic heterocycles. The summed E-state index contributed by atoms with van der Waals surface area (Å²) in [4.78, 5) is 18.9. The van der Waals surface area contributed by atoms with E-state index in [0.29, 0.717) is 37.0 Å². The molecule has 5 nitrogen and oxygen atoms in total. The van der Waals surface area contributed by atoms with Crippen LogP contribution in [0.3, 0.4) is 0 Å². The number of hydrogen-bond acceptors (Lipinski definition) is 5. The van der Waals surface area contributed by atoms with Crippen molar-refractivity contribution in [3.8, 4) is 11.5 Å².